The van der Waals surface area contributed by atoms with E-state index in [0.717, 1.165) is 42.9 Å². The van der Waals surface area contributed by atoms with Gasteiger partial charge in [-0.3, -0.25) is 0 Å². The fraction of sp³-hybridized carbons (Fsp3) is 0.476. The van der Waals surface area contributed by atoms with E-state index in [2.05, 4.69) is 11.4 Å². The Kier molecular flexibility index (Phi) is 5.07. The van der Waals surface area contributed by atoms with Gasteiger partial charge in [-0.1, -0.05) is 13.0 Å². The van der Waals surface area contributed by atoms with Crippen LogP contribution in [0.2, 0.25) is 0 Å². The minimum atomic E-state index is -0.221. The van der Waals surface area contributed by atoms with Crippen molar-refractivity contribution in [3.8, 4) is 5.75 Å². The summed E-state index contributed by atoms with van der Waals surface area (Å²) in [6.45, 7) is 3.53. The topological polar surface area (TPSA) is 63.9 Å². The highest BCUT2D eigenvalue weighted by atomic mass is 16.5. The molecular weight excluding hydrogens is 344 g/mol. The molecule has 1 aliphatic heterocycles. The molecule has 1 atom stereocenters. The first-order valence-electron chi connectivity index (χ1n) is 9.64. The maximum atomic E-state index is 13.2. The van der Waals surface area contributed by atoms with Gasteiger partial charge in [0, 0.05) is 13.0 Å². The molecule has 2 aliphatic rings. The van der Waals surface area contributed by atoms with Gasteiger partial charge in [0.1, 0.15) is 23.3 Å². The Bertz CT molecular complexity index is 830. The van der Waals surface area contributed by atoms with Crippen LogP contribution in [0.5, 0.6) is 5.75 Å². The first-order valence-corrected chi connectivity index (χ1v) is 9.64. The largest absolute Gasteiger partial charge is 0.495 e. The number of carbonyl (C=O) groups excluding carboxylic acids is 1. The molecule has 6 heteroatoms. The van der Waals surface area contributed by atoms with E-state index in [1.54, 1.807) is 12.0 Å². The second-order valence-corrected chi connectivity index (χ2v) is 7.01. The van der Waals surface area contributed by atoms with Crippen LogP contribution >= 0.6 is 0 Å². The van der Waals surface area contributed by atoms with Crippen LogP contribution in [0.15, 0.2) is 28.7 Å². The Morgan fingerprint density at radius 3 is 2.96 bits per heavy atom. The van der Waals surface area contributed by atoms with Crippen LogP contribution in [-0.4, -0.2) is 37.8 Å². The van der Waals surface area contributed by atoms with Gasteiger partial charge in [-0.25, -0.2) is 4.79 Å². The molecule has 1 saturated heterocycles. The predicted molar refractivity (Wildman–Crippen MR) is 102 cm³/mol. The van der Waals surface area contributed by atoms with Crippen LogP contribution in [-0.2, 0) is 24.0 Å². The quantitative estimate of drug-likeness (QED) is 0.885. The van der Waals surface area contributed by atoms with Crippen molar-refractivity contribution in [2.24, 2.45) is 0 Å². The number of ether oxygens (including phenoxy) is 2. The minimum Gasteiger partial charge on any atom is -0.495 e. The highest BCUT2D eigenvalue weighted by molar-refractivity contribution is 5.92. The molecule has 1 aromatic carbocycles. The summed E-state index contributed by atoms with van der Waals surface area (Å²) in [6, 6.07) is 7.59. The number of morpholine rings is 1. The third-order valence-corrected chi connectivity index (χ3v) is 5.45. The van der Waals surface area contributed by atoms with E-state index in [-0.39, 0.29) is 12.1 Å². The van der Waals surface area contributed by atoms with Crippen molar-refractivity contribution in [1.29, 1.82) is 0 Å². The van der Waals surface area contributed by atoms with Crippen LogP contribution in [0.3, 0.4) is 0 Å². The molecule has 1 N–H and O–H groups in total. The Morgan fingerprint density at radius 1 is 1.30 bits per heavy atom. The smallest absolute Gasteiger partial charge is 0.322 e. The maximum Gasteiger partial charge on any atom is 0.322 e. The lowest BCUT2D eigenvalue weighted by molar-refractivity contribution is 0.00700. The monoisotopic (exact) mass is 370 g/mol. The predicted octanol–water partition coefficient (Wildman–Crippen LogP) is 3.94. The average molecular weight is 370 g/mol. The number of carbonyl (C=O) groups is 1. The molecule has 0 unspecified atom stereocenters. The molecule has 0 spiro atoms. The number of anilines is 1. The molecule has 4 rings (SSSR count). The fourth-order valence-corrected chi connectivity index (χ4v) is 3.98. The molecule has 2 amide bonds. The van der Waals surface area contributed by atoms with Crippen LogP contribution in [0.4, 0.5) is 10.5 Å². The van der Waals surface area contributed by atoms with Crippen molar-refractivity contribution in [3.05, 3.63) is 46.9 Å². The Labute approximate surface area is 159 Å². The van der Waals surface area contributed by atoms with E-state index in [1.807, 2.05) is 25.1 Å². The summed E-state index contributed by atoms with van der Waals surface area (Å²) < 4.78 is 17.0. The zero-order valence-electron chi connectivity index (χ0n) is 15.9. The van der Waals surface area contributed by atoms with Crippen molar-refractivity contribution in [2.75, 3.05) is 32.2 Å². The van der Waals surface area contributed by atoms with Gasteiger partial charge in [0.2, 0.25) is 0 Å². The number of furan rings is 1. The third kappa shape index (κ3) is 3.41. The number of methoxy groups -OCH3 is 1. The number of rotatable bonds is 4. The second-order valence-electron chi connectivity index (χ2n) is 7.01. The summed E-state index contributed by atoms with van der Waals surface area (Å²) in [7, 11) is 1.64. The maximum absolute atomic E-state index is 13.2. The van der Waals surface area contributed by atoms with Gasteiger partial charge in [-0.2, -0.15) is 0 Å². The molecule has 1 fully saturated rings. The van der Waals surface area contributed by atoms with E-state index in [9.17, 15) is 4.79 Å². The highest BCUT2D eigenvalue weighted by Crippen LogP contribution is 2.37. The Balaban J connectivity index is 1.59. The van der Waals surface area contributed by atoms with Crippen LogP contribution in [0.1, 0.15) is 42.0 Å². The van der Waals surface area contributed by atoms with Crippen LogP contribution in [0, 0.1) is 0 Å². The summed E-state index contributed by atoms with van der Waals surface area (Å²) in [5.41, 5.74) is 3.29. The molecule has 2 aromatic rings. The Morgan fingerprint density at radius 2 is 2.19 bits per heavy atom. The van der Waals surface area contributed by atoms with E-state index in [4.69, 9.17) is 13.9 Å². The average Bonchev–Trinajstić information content (AvgIpc) is 3.37. The minimum absolute atomic E-state index is 0.142. The number of hydrogen-bond acceptors (Lipinski definition) is 4. The fourth-order valence-electron chi connectivity index (χ4n) is 3.98. The lowest BCUT2D eigenvalue weighted by Crippen LogP contribution is -2.45. The van der Waals surface area contributed by atoms with E-state index < -0.39 is 0 Å². The summed E-state index contributed by atoms with van der Waals surface area (Å²) >= 11 is 0. The molecule has 6 nitrogen and oxygen atoms in total. The highest BCUT2D eigenvalue weighted by Gasteiger charge is 2.32. The molecule has 0 radical (unpaired) electrons. The summed E-state index contributed by atoms with van der Waals surface area (Å²) in [4.78, 5) is 15.0. The van der Waals surface area contributed by atoms with Gasteiger partial charge in [0.15, 0.2) is 0 Å². The zero-order valence-corrected chi connectivity index (χ0v) is 15.9. The zero-order chi connectivity index (χ0) is 18.8. The number of urea groups is 1. The summed E-state index contributed by atoms with van der Waals surface area (Å²) in [5.74, 6) is 2.39. The molecule has 27 heavy (non-hydrogen) atoms. The van der Waals surface area contributed by atoms with Crippen molar-refractivity contribution in [2.45, 2.75) is 38.6 Å². The lowest BCUT2D eigenvalue weighted by Gasteiger charge is -2.34. The van der Waals surface area contributed by atoms with Crippen LogP contribution < -0.4 is 10.1 Å². The standard InChI is InChI=1S/C21H26N2O4/c1-3-15-8-10-18(27-15)17-13-26-12-11-23(17)21(24)22-20-16-6-4-5-14(16)7-9-19(20)25-2/h7-10,17H,3-6,11-13H2,1-2H3,(H,22,24)/t17-/m1/s1. The second kappa shape index (κ2) is 7.64. The van der Waals surface area contributed by atoms with Gasteiger partial charge >= 0.3 is 6.03 Å². The lowest BCUT2D eigenvalue weighted by atomic mass is 10.1. The number of benzene rings is 1. The first kappa shape index (κ1) is 17.9. The summed E-state index contributed by atoms with van der Waals surface area (Å²) in [6.07, 6.45) is 3.95. The van der Waals surface area contributed by atoms with Gasteiger partial charge in [-0.05, 0) is 48.6 Å². The van der Waals surface area contributed by atoms with E-state index in [0.29, 0.717) is 25.5 Å². The number of hydrogen-bond donors (Lipinski definition) is 1. The molecular formula is C21H26N2O4. The number of nitrogens with one attached hydrogen (secondary N) is 1. The van der Waals surface area contributed by atoms with Gasteiger partial charge in [0.25, 0.3) is 0 Å². The van der Waals surface area contributed by atoms with Gasteiger partial charge < -0.3 is 24.1 Å². The van der Waals surface area contributed by atoms with E-state index in [1.165, 1.54) is 11.1 Å². The van der Waals surface area contributed by atoms with Crippen molar-refractivity contribution >= 4 is 11.7 Å². The molecule has 0 bridgehead atoms. The number of amides is 2. The van der Waals surface area contributed by atoms with Crippen molar-refractivity contribution < 1.29 is 18.7 Å². The normalized spacial score (nSPS) is 19.0. The third-order valence-electron chi connectivity index (χ3n) is 5.45. The molecule has 1 aromatic heterocycles. The first-order chi connectivity index (χ1) is 13.2. The van der Waals surface area contributed by atoms with E-state index >= 15 is 0 Å². The SMILES string of the molecule is CCc1ccc([C@H]2COCCN2C(=O)Nc2c(OC)ccc3c2CCC3)o1. The Hall–Kier alpha value is -2.47. The number of fused-ring (bicyclic) bond motifs is 1. The number of nitrogens with zero attached hydrogens (tertiary/aromatic N) is 1. The van der Waals surface area contributed by atoms with Crippen LogP contribution in [0.25, 0.3) is 0 Å². The van der Waals surface area contributed by atoms with Crippen molar-refractivity contribution in [3.63, 3.8) is 0 Å². The summed E-state index contributed by atoms with van der Waals surface area (Å²) in [5, 5.41) is 3.12. The number of aryl methyl sites for hydroxylation is 2. The molecule has 144 valence electrons. The van der Waals surface area contributed by atoms with Gasteiger partial charge in [-0.15, -0.1) is 0 Å². The van der Waals surface area contributed by atoms with Crippen molar-refractivity contribution in [1.82, 2.24) is 4.90 Å². The molecule has 1 aliphatic carbocycles. The van der Waals surface area contributed by atoms with Gasteiger partial charge in [0.05, 0.1) is 26.0 Å². The molecule has 0 saturated carbocycles. The molecule has 2 heterocycles.